The van der Waals surface area contributed by atoms with Crippen LogP contribution in [-0.2, 0) is 24.9 Å². The van der Waals surface area contributed by atoms with Gasteiger partial charge in [0.25, 0.3) is 5.56 Å². The van der Waals surface area contributed by atoms with E-state index >= 15 is 0 Å². The first kappa shape index (κ1) is 25.2. The Balaban J connectivity index is 1.28. The van der Waals surface area contributed by atoms with E-state index in [0.29, 0.717) is 31.4 Å². The lowest BCUT2D eigenvalue weighted by atomic mass is 9.94. The zero-order valence-electron chi connectivity index (χ0n) is 20.7. The van der Waals surface area contributed by atoms with Gasteiger partial charge in [-0.15, -0.1) is 0 Å². The number of piperidine rings is 2. The lowest BCUT2D eigenvalue weighted by Crippen LogP contribution is -2.48. The normalized spacial score (nSPS) is 19.6. The molecule has 2 aliphatic rings. The summed E-state index contributed by atoms with van der Waals surface area (Å²) in [6.45, 7) is 6.86. The Hall–Kier alpha value is -2.94. The molecule has 1 atom stereocenters. The van der Waals surface area contributed by atoms with Crippen LogP contribution < -0.4 is 21.5 Å². The van der Waals surface area contributed by atoms with Gasteiger partial charge in [-0.2, -0.15) is 0 Å². The monoisotopic (exact) mass is 485 g/mol. The van der Waals surface area contributed by atoms with Crippen molar-refractivity contribution in [2.75, 3.05) is 37.6 Å². The number of carbonyl (C=O) groups is 1. The molecular weight excluding hydrogens is 449 g/mol. The minimum atomic E-state index is -0.329. The van der Waals surface area contributed by atoms with Gasteiger partial charge in [-0.05, 0) is 69.3 Å². The largest absolute Gasteiger partial charge is 0.357 e. The topological polar surface area (TPSA) is 79.6 Å². The fourth-order valence-electron chi connectivity index (χ4n) is 5.25. The van der Waals surface area contributed by atoms with Gasteiger partial charge in [0.2, 0.25) is 5.91 Å². The summed E-state index contributed by atoms with van der Waals surface area (Å²) in [6, 6.07) is 8.26. The Morgan fingerprint density at radius 2 is 1.89 bits per heavy atom. The van der Waals surface area contributed by atoms with Crippen LogP contribution in [-0.4, -0.2) is 52.7 Å². The lowest BCUT2D eigenvalue weighted by Gasteiger charge is -2.35. The molecule has 0 saturated carbocycles. The molecule has 2 saturated heterocycles. The molecule has 2 aromatic rings. The number of amides is 1. The predicted octanol–water partition coefficient (Wildman–Crippen LogP) is 1.95. The summed E-state index contributed by atoms with van der Waals surface area (Å²) in [6.07, 6.45) is 3.64. The molecule has 35 heavy (non-hydrogen) atoms. The van der Waals surface area contributed by atoms with E-state index in [1.165, 1.54) is 19.2 Å². The number of aromatic nitrogens is 2. The van der Waals surface area contributed by atoms with Gasteiger partial charge in [-0.25, -0.2) is 9.18 Å². The number of anilines is 1. The number of benzene rings is 1. The molecule has 3 heterocycles. The summed E-state index contributed by atoms with van der Waals surface area (Å²) in [5.74, 6) is 0.718. The van der Waals surface area contributed by atoms with E-state index in [4.69, 9.17) is 0 Å². The number of nitrogens with zero attached hydrogens (tertiary/aromatic N) is 4. The standard InChI is InChI=1S/C26H36FN5O3/c1-3-32-23(15-24(33)29(2)26(32)35)31-11-5-7-21(18-31)25(34)28-16-19-9-12-30(13-10-19)17-20-6-4-8-22(27)14-20/h4,6,8,14-15,19,21H,3,5,7,9-13,16-18H2,1-2H3,(H,28,34)/t21-/m1/s1. The second kappa shape index (κ2) is 11.2. The van der Waals surface area contributed by atoms with E-state index in [0.717, 1.165) is 62.0 Å². The maximum atomic E-state index is 13.4. The van der Waals surface area contributed by atoms with Gasteiger partial charge < -0.3 is 10.2 Å². The Kier molecular flexibility index (Phi) is 8.05. The second-order valence-electron chi connectivity index (χ2n) is 9.81. The average molecular weight is 486 g/mol. The number of halogens is 1. The van der Waals surface area contributed by atoms with Crippen molar-refractivity contribution in [2.45, 2.75) is 45.7 Å². The quantitative estimate of drug-likeness (QED) is 0.649. The Morgan fingerprint density at radius 3 is 2.60 bits per heavy atom. The summed E-state index contributed by atoms with van der Waals surface area (Å²) in [5.41, 5.74) is 0.332. The molecule has 1 aromatic heterocycles. The molecule has 1 N–H and O–H groups in total. The Morgan fingerprint density at radius 1 is 1.11 bits per heavy atom. The third-order valence-electron chi connectivity index (χ3n) is 7.38. The summed E-state index contributed by atoms with van der Waals surface area (Å²) in [4.78, 5) is 42.1. The van der Waals surface area contributed by atoms with Crippen LogP contribution in [0.4, 0.5) is 10.2 Å². The molecule has 1 aromatic carbocycles. The molecule has 1 amide bonds. The highest BCUT2D eigenvalue weighted by Crippen LogP contribution is 2.23. The highest BCUT2D eigenvalue weighted by atomic mass is 19.1. The van der Waals surface area contributed by atoms with Gasteiger partial charge in [-0.3, -0.25) is 23.6 Å². The minimum Gasteiger partial charge on any atom is -0.357 e. The number of likely N-dealkylation sites (tertiary alicyclic amines) is 1. The Labute approximate surface area is 205 Å². The maximum Gasteiger partial charge on any atom is 0.332 e. The molecule has 0 aliphatic carbocycles. The van der Waals surface area contributed by atoms with Crippen molar-refractivity contribution in [3.8, 4) is 0 Å². The summed E-state index contributed by atoms with van der Waals surface area (Å²) in [7, 11) is 1.49. The van der Waals surface area contributed by atoms with Crippen LogP contribution in [0.1, 0.15) is 38.2 Å². The van der Waals surface area contributed by atoms with Crippen molar-refractivity contribution in [3.63, 3.8) is 0 Å². The molecule has 2 fully saturated rings. The van der Waals surface area contributed by atoms with Gasteiger partial charge in [-0.1, -0.05) is 12.1 Å². The Bertz CT molecular complexity index is 1150. The summed E-state index contributed by atoms with van der Waals surface area (Å²) in [5, 5.41) is 3.16. The van der Waals surface area contributed by atoms with Gasteiger partial charge in [0, 0.05) is 45.8 Å². The third-order valence-corrected chi connectivity index (χ3v) is 7.38. The molecule has 8 nitrogen and oxygen atoms in total. The first-order chi connectivity index (χ1) is 16.9. The van der Waals surface area contributed by atoms with Crippen molar-refractivity contribution < 1.29 is 9.18 Å². The number of nitrogens with one attached hydrogen (secondary N) is 1. The van der Waals surface area contributed by atoms with Gasteiger partial charge in [0.1, 0.15) is 11.6 Å². The van der Waals surface area contributed by atoms with Crippen LogP contribution in [0.2, 0.25) is 0 Å². The first-order valence-corrected chi connectivity index (χ1v) is 12.7. The maximum absolute atomic E-state index is 13.4. The lowest BCUT2D eigenvalue weighted by molar-refractivity contribution is -0.125. The van der Waals surface area contributed by atoms with Crippen LogP contribution in [0.15, 0.2) is 39.9 Å². The molecule has 9 heteroatoms. The predicted molar refractivity (Wildman–Crippen MR) is 134 cm³/mol. The third kappa shape index (κ3) is 6.01. The SMILES string of the molecule is CCn1c(N2CCC[C@@H](C(=O)NCC3CCN(Cc4cccc(F)c4)CC3)C2)cc(=O)n(C)c1=O. The van der Waals surface area contributed by atoms with Crippen molar-refractivity contribution in [1.29, 1.82) is 0 Å². The smallest absolute Gasteiger partial charge is 0.332 e. The van der Waals surface area contributed by atoms with E-state index in [2.05, 4.69) is 10.2 Å². The van der Waals surface area contributed by atoms with Crippen LogP contribution in [0.3, 0.4) is 0 Å². The molecule has 2 aliphatic heterocycles. The van der Waals surface area contributed by atoms with Crippen molar-refractivity contribution in [1.82, 2.24) is 19.4 Å². The van der Waals surface area contributed by atoms with E-state index in [9.17, 15) is 18.8 Å². The van der Waals surface area contributed by atoms with Gasteiger partial charge >= 0.3 is 5.69 Å². The first-order valence-electron chi connectivity index (χ1n) is 12.7. The number of hydrogen-bond acceptors (Lipinski definition) is 5. The van der Waals surface area contributed by atoms with E-state index in [-0.39, 0.29) is 28.9 Å². The van der Waals surface area contributed by atoms with Crippen LogP contribution in [0, 0.1) is 17.7 Å². The fraction of sp³-hybridized carbons (Fsp3) is 0.577. The summed E-state index contributed by atoms with van der Waals surface area (Å²) >= 11 is 0. The minimum absolute atomic E-state index is 0.0473. The van der Waals surface area contributed by atoms with Crippen LogP contribution in [0.5, 0.6) is 0 Å². The fourth-order valence-corrected chi connectivity index (χ4v) is 5.25. The number of hydrogen-bond donors (Lipinski definition) is 1. The molecule has 4 rings (SSSR count). The van der Waals surface area contributed by atoms with E-state index in [1.807, 2.05) is 17.9 Å². The zero-order chi connectivity index (χ0) is 24.9. The average Bonchev–Trinajstić information content (AvgIpc) is 2.86. The van der Waals surface area contributed by atoms with Gasteiger partial charge in [0.15, 0.2) is 0 Å². The molecule has 0 radical (unpaired) electrons. The van der Waals surface area contributed by atoms with Crippen LogP contribution >= 0.6 is 0 Å². The zero-order valence-corrected chi connectivity index (χ0v) is 20.7. The van der Waals surface area contributed by atoms with Crippen molar-refractivity contribution in [3.05, 3.63) is 62.6 Å². The summed E-state index contributed by atoms with van der Waals surface area (Å²) < 4.78 is 16.1. The van der Waals surface area contributed by atoms with Crippen molar-refractivity contribution in [2.24, 2.45) is 18.9 Å². The molecule has 0 unspecified atom stereocenters. The van der Waals surface area contributed by atoms with Crippen molar-refractivity contribution >= 4 is 11.7 Å². The van der Waals surface area contributed by atoms with Crippen LogP contribution in [0.25, 0.3) is 0 Å². The molecular formula is C26H36FN5O3. The highest BCUT2D eigenvalue weighted by Gasteiger charge is 2.28. The van der Waals surface area contributed by atoms with E-state index in [1.54, 1.807) is 16.7 Å². The molecule has 0 spiro atoms. The number of rotatable bonds is 7. The molecule has 0 bridgehead atoms. The number of carbonyl (C=O) groups excluding carboxylic acids is 1. The highest BCUT2D eigenvalue weighted by molar-refractivity contribution is 5.79. The second-order valence-corrected chi connectivity index (χ2v) is 9.81. The molecule has 190 valence electrons. The van der Waals surface area contributed by atoms with E-state index < -0.39 is 0 Å². The van der Waals surface area contributed by atoms with Gasteiger partial charge in [0.05, 0.1) is 5.92 Å².